The third-order valence-corrected chi connectivity index (χ3v) is 14.3. The number of hydrogen-bond acceptors (Lipinski definition) is 10. The molecule has 0 aromatic carbocycles. The van der Waals surface area contributed by atoms with Crippen LogP contribution in [0.1, 0.15) is 271 Å². The standard InChI is InChI=1S/C64H115NO10/c1-3-5-7-9-11-13-30-34-38-42-46-50-57(67)56(55-74-64-63(72)62(71)61(70)58(54-66)75-64)65-59(68)51-47-43-39-35-32-28-26-24-22-20-18-16-15-17-19-21-23-25-27-29-33-37-41-45-49-53-73-60(69)52-48-44-40-36-31-14-12-10-8-6-4-2/h7,9,16-19,30,34,46,50,56-58,61-64,66-67,70-72H,3-6,8,10-15,20-29,31-33,35-45,47-49,51-55H2,1-2H3,(H,65,68)/b9-7+,18-16-,19-17-,34-30+,50-46+. The smallest absolute Gasteiger partial charge is 0.305 e. The fourth-order valence-corrected chi connectivity index (χ4v) is 9.39. The van der Waals surface area contributed by atoms with Gasteiger partial charge >= 0.3 is 5.97 Å². The summed E-state index contributed by atoms with van der Waals surface area (Å²) in [7, 11) is 0. The number of carbonyl (C=O) groups excluding carboxylic acids is 2. The van der Waals surface area contributed by atoms with Gasteiger partial charge in [-0.1, -0.05) is 235 Å². The van der Waals surface area contributed by atoms with Crippen LogP contribution < -0.4 is 5.32 Å². The predicted molar refractivity (Wildman–Crippen MR) is 310 cm³/mol. The van der Waals surface area contributed by atoms with Crippen LogP contribution in [0.4, 0.5) is 0 Å². The van der Waals surface area contributed by atoms with Crippen LogP contribution in [-0.4, -0.2) is 100 Å². The van der Waals surface area contributed by atoms with Crippen LogP contribution in [0.25, 0.3) is 0 Å². The third-order valence-electron chi connectivity index (χ3n) is 14.3. The molecule has 75 heavy (non-hydrogen) atoms. The summed E-state index contributed by atoms with van der Waals surface area (Å²) in [5.74, 6) is -0.208. The lowest BCUT2D eigenvalue weighted by Crippen LogP contribution is -2.60. The number of aliphatic hydroxyl groups excluding tert-OH is 5. The number of ether oxygens (including phenoxy) is 3. The van der Waals surface area contributed by atoms with Gasteiger partial charge in [-0.25, -0.2) is 0 Å². The van der Waals surface area contributed by atoms with Crippen molar-refractivity contribution in [2.24, 2.45) is 0 Å². The van der Waals surface area contributed by atoms with Gasteiger partial charge in [0.05, 0.1) is 32.0 Å². The second-order valence-electron chi connectivity index (χ2n) is 21.4. The van der Waals surface area contributed by atoms with Gasteiger partial charge < -0.3 is 45.1 Å². The summed E-state index contributed by atoms with van der Waals surface area (Å²) in [6, 6.07) is -0.839. The van der Waals surface area contributed by atoms with Gasteiger partial charge in [-0.2, -0.15) is 0 Å². The lowest BCUT2D eigenvalue weighted by atomic mass is 9.99. The van der Waals surface area contributed by atoms with Crippen molar-refractivity contribution in [1.29, 1.82) is 0 Å². The Morgan fingerprint density at radius 1 is 0.493 bits per heavy atom. The highest BCUT2D eigenvalue weighted by Gasteiger charge is 2.44. The van der Waals surface area contributed by atoms with Gasteiger partial charge in [-0.05, 0) is 83.5 Å². The van der Waals surface area contributed by atoms with Crippen LogP contribution in [0.3, 0.4) is 0 Å². The SMILES string of the molecule is CCC/C=C/CC/C=C/CC/C=C/C(O)C(COC1OC(CO)C(O)C(O)C1O)NC(=O)CCCCCCCCCCC/C=C\C/C=C\CCCCCCCCCCCOC(=O)CCCCCCCCCCCCC. The number of allylic oxidation sites excluding steroid dienone is 9. The van der Waals surface area contributed by atoms with Crippen molar-refractivity contribution < 1.29 is 49.3 Å². The Labute approximate surface area is 458 Å². The minimum absolute atomic E-state index is 0.00322. The second kappa shape index (κ2) is 53.4. The van der Waals surface area contributed by atoms with Crippen LogP contribution in [-0.2, 0) is 23.8 Å². The Hall–Kier alpha value is -2.64. The van der Waals surface area contributed by atoms with Gasteiger partial charge in [0, 0.05) is 12.8 Å². The van der Waals surface area contributed by atoms with Crippen molar-refractivity contribution in [2.45, 2.75) is 314 Å². The molecule has 0 saturated carbocycles. The van der Waals surface area contributed by atoms with Crippen molar-refractivity contribution >= 4 is 11.9 Å². The fourth-order valence-electron chi connectivity index (χ4n) is 9.39. The van der Waals surface area contributed by atoms with E-state index in [1.165, 1.54) is 141 Å². The minimum atomic E-state index is -1.58. The number of aliphatic hydroxyl groups is 5. The molecule has 0 spiro atoms. The van der Waals surface area contributed by atoms with Crippen LogP contribution in [0, 0.1) is 0 Å². The summed E-state index contributed by atoms with van der Waals surface area (Å²) in [6.07, 6.45) is 59.1. The van der Waals surface area contributed by atoms with E-state index in [9.17, 15) is 35.1 Å². The number of rotatable bonds is 53. The molecule has 1 aliphatic heterocycles. The van der Waals surface area contributed by atoms with E-state index in [1.54, 1.807) is 6.08 Å². The summed E-state index contributed by atoms with van der Waals surface area (Å²) < 4.78 is 16.7. The van der Waals surface area contributed by atoms with Crippen LogP contribution in [0.2, 0.25) is 0 Å². The molecule has 1 heterocycles. The molecule has 0 aliphatic carbocycles. The Kier molecular flexibility index (Phi) is 50.1. The molecular weight excluding hydrogens is 943 g/mol. The van der Waals surface area contributed by atoms with Crippen molar-refractivity contribution in [3.8, 4) is 0 Å². The predicted octanol–water partition coefficient (Wildman–Crippen LogP) is 14.6. The highest BCUT2D eigenvalue weighted by molar-refractivity contribution is 5.76. The van der Waals surface area contributed by atoms with Crippen molar-refractivity contribution in [3.05, 3.63) is 60.8 Å². The fraction of sp³-hybridized carbons (Fsp3) is 0.812. The van der Waals surface area contributed by atoms with Crippen molar-refractivity contribution in [3.63, 3.8) is 0 Å². The molecule has 7 unspecified atom stereocenters. The van der Waals surface area contributed by atoms with E-state index in [2.05, 4.69) is 67.8 Å². The number of amides is 1. The number of esters is 1. The monoisotopic (exact) mass is 1060 g/mol. The first-order valence-corrected chi connectivity index (χ1v) is 31.1. The van der Waals surface area contributed by atoms with E-state index in [0.717, 1.165) is 103 Å². The Bertz CT molecular complexity index is 1430. The molecule has 1 rings (SSSR count). The lowest BCUT2D eigenvalue weighted by molar-refractivity contribution is -0.302. The summed E-state index contributed by atoms with van der Waals surface area (Å²) in [6.45, 7) is 4.23. The van der Waals surface area contributed by atoms with Crippen LogP contribution in [0.15, 0.2) is 60.8 Å². The third kappa shape index (κ3) is 43.0. The van der Waals surface area contributed by atoms with Crippen LogP contribution >= 0.6 is 0 Å². The van der Waals surface area contributed by atoms with E-state index < -0.39 is 49.5 Å². The quantitative estimate of drug-likeness (QED) is 0.0195. The molecular formula is C64H115NO10. The Morgan fingerprint density at radius 2 is 0.933 bits per heavy atom. The first-order valence-electron chi connectivity index (χ1n) is 31.1. The second-order valence-corrected chi connectivity index (χ2v) is 21.4. The molecule has 0 bridgehead atoms. The Balaban J connectivity index is 2.05. The maximum atomic E-state index is 13.0. The Morgan fingerprint density at radius 3 is 1.44 bits per heavy atom. The largest absolute Gasteiger partial charge is 0.466 e. The molecule has 11 nitrogen and oxygen atoms in total. The van der Waals surface area contributed by atoms with E-state index in [-0.39, 0.29) is 18.5 Å². The van der Waals surface area contributed by atoms with Gasteiger partial charge in [0.1, 0.15) is 24.4 Å². The number of hydrogen-bond donors (Lipinski definition) is 6. The van der Waals surface area contributed by atoms with E-state index in [4.69, 9.17) is 14.2 Å². The minimum Gasteiger partial charge on any atom is -0.466 e. The van der Waals surface area contributed by atoms with Gasteiger partial charge in [0.25, 0.3) is 0 Å². The van der Waals surface area contributed by atoms with E-state index >= 15 is 0 Å². The molecule has 0 aromatic rings. The molecule has 0 radical (unpaired) electrons. The zero-order valence-corrected chi connectivity index (χ0v) is 48.0. The summed E-state index contributed by atoms with van der Waals surface area (Å²) in [5, 5.41) is 54.3. The molecule has 6 N–H and O–H groups in total. The maximum Gasteiger partial charge on any atom is 0.305 e. The lowest BCUT2D eigenvalue weighted by Gasteiger charge is -2.40. The number of carbonyl (C=O) groups is 2. The van der Waals surface area contributed by atoms with Crippen LogP contribution in [0.5, 0.6) is 0 Å². The molecule has 436 valence electrons. The van der Waals surface area contributed by atoms with E-state index in [1.807, 2.05) is 6.08 Å². The molecule has 7 atom stereocenters. The normalized spacial score (nSPS) is 19.2. The van der Waals surface area contributed by atoms with Crippen molar-refractivity contribution in [1.82, 2.24) is 5.32 Å². The molecule has 0 aromatic heterocycles. The highest BCUT2D eigenvalue weighted by Crippen LogP contribution is 2.23. The zero-order chi connectivity index (χ0) is 54.5. The molecule has 1 aliphatic rings. The zero-order valence-electron chi connectivity index (χ0n) is 48.0. The van der Waals surface area contributed by atoms with Crippen molar-refractivity contribution in [2.75, 3.05) is 19.8 Å². The van der Waals surface area contributed by atoms with Gasteiger partial charge in [0.2, 0.25) is 5.91 Å². The number of nitrogens with one attached hydrogen (secondary N) is 1. The van der Waals surface area contributed by atoms with E-state index in [0.29, 0.717) is 19.4 Å². The average Bonchev–Trinajstić information content (AvgIpc) is 3.41. The maximum absolute atomic E-state index is 13.0. The molecule has 11 heteroatoms. The first-order chi connectivity index (χ1) is 36.7. The van der Waals surface area contributed by atoms with Gasteiger partial charge in [0.15, 0.2) is 6.29 Å². The topological polar surface area (TPSA) is 175 Å². The average molecular weight is 1060 g/mol. The summed E-state index contributed by atoms with van der Waals surface area (Å²) >= 11 is 0. The van der Waals surface area contributed by atoms with Gasteiger partial charge in [-0.15, -0.1) is 0 Å². The molecule has 1 fully saturated rings. The highest BCUT2D eigenvalue weighted by atomic mass is 16.7. The summed E-state index contributed by atoms with van der Waals surface area (Å²) in [4.78, 5) is 25.0. The first kappa shape index (κ1) is 70.4. The van der Waals surface area contributed by atoms with Gasteiger partial charge in [-0.3, -0.25) is 9.59 Å². The summed E-state index contributed by atoms with van der Waals surface area (Å²) in [5.41, 5.74) is 0. The molecule has 1 amide bonds. The molecule has 1 saturated heterocycles. The number of unbranched alkanes of at least 4 members (excludes halogenated alkanes) is 31.